The van der Waals surface area contributed by atoms with Crippen LogP contribution in [0.1, 0.15) is 5.56 Å². The van der Waals surface area contributed by atoms with Crippen LogP contribution in [0.2, 0.25) is 0 Å². The summed E-state index contributed by atoms with van der Waals surface area (Å²) in [5.41, 5.74) is 0.875. The molecule has 0 bridgehead atoms. The van der Waals surface area contributed by atoms with E-state index in [1.165, 1.54) is 20.3 Å². The van der Waals surface area contributed by atoms with E-state index >= 15 is 0 Å². The first-order valence-electron chi connectivity index (χ1n) is 6.00. The summed E-state index contributed by atoms with van der Waals surface area (Å²) >= 11 is 0. The van der Waals surface area contributed by atoms with Crippen molar-refractivity contribution in [1.29, 1.82) is 0 Å². The molecule has 0 amide bonds. The highest BCUT2D eigenvalue weighted by Crippen LogP contribution is 2.14. The summed E-state index contributed by atoms with van der Waals surface area (Å²) in [6, 6.07) is 9.14. The number of esters is 1. The van der Waals surface area contributed by atoms with Crippen LogP contribution in [0.15, 0.2) is 36.4 Å². The van der Waals surface area contributed by atoms with Crippen molar-refractivity contribution in [1.82, 2.24) is 15.0 Å². The van der Waals surface area contributed by atoms with Gasteiger partial charge in [0, 0.05) is 6.08 Å². The molecule has 0 fully saturated rings. The average molecular weight is 287 g/mol. The van der Waals surface area contributed by atoms with Crippen LogP contribution in [-0.2, 0) is 4.79 Å². The van der Waals surface area contributed by atoms with E-state index in [1.54, 1.807) is 6.08 Å². The minimum absolute atomic E-state index is 0.00307. The van der Waals surface area contributed by atoms with E-state index in [1.807, 2.05) is 30.3 Å². The molecule has 0 radical (unpaired) electrons. The van der Waals surface area contributed by atoms with Gasteiger partial charge in [0.15, 0.2) is 0 Å². The van der Waals surface area contributed by atoms with Crippen LogP contribution in [0.5, 0.6) is 18.0 Å². The Morgan fingerprint density at radius 3 is 2.10 bits per heavy atom. The van der Waals surface area contributed by atoms with Crippen LogP contribution in [0.4, 0.5) is 0 Å². The van der Waals surface area contributed by atoms with E-state index in [0.717, 1.165) is 5.56 Å². The smallest absolute Gasteiger partial charge is 0.338 e. The summed E-state index contributed by atoms with van der Waals surface area (Å²) in [6.07, 6.45) is 2.90. The van der Waals surface area contributed by atoms with E-state index in [-0.39, 0.29) is 18.0 Å². The zero-order chi connectivity index (χ0) is 15.1. The number of benzene rings is 1. The fraction of sp³-hybridized carbons (Fsp3) is 0.143. The molecule has 108 valence electrons. The molecule has 2 rings (SSSR count). The molecule has 1 heterocycles. The minimum atomic E-state index is -0.617. The molecule has 7 nitrogen and oxygen atoms in total. The Labute approximate surface area is 121 Å². The van der Waals surface area contributed by atoms with Crippen molar-refractivity contribution < 1.29 is 19.0 Å². The third-order valence-electron chi connectivity index (χ3n) is 2.34. The van der Waals surface area contributed by atoms with Gasteiger partial charge < -0.3 is 14.2 Å². The predicted octanol–water partition coefficient (Wildman–Crippen LogP) is 1.51. The molecular formula is C14H13N3O4. The van der Waals surface area contributed by atoms with Crippen molar-refractivity contribution in [3.8, 4) is 18.0 Å². The largest absolute Gasteiger partial charge is 0.467 e. The number of carbonyl (C=O) groups is 1. The molecule has 0 aliphatic carbocycles. The van der Waals surface area contributed by atoms with Gasteiger partial charge in [0.25, 0.3) is 0 Å². The Balaban J connectivity index is 2.07. The summed E-state index contributed by atoms with van der Waals surface area (Å²) < 4.78 is 14.7. The van der Waals surface area contributed by atoms with Crippen LogP contribution in [0.25, 0.3) is 6.08 Å². The molecule has 0 spiro atoms. The summed E-state index contributed by atoms with van der Waals surface area (Å²) in [5, 5.41) is 0. The van der Waals surface area contributed by atoms with Gasteiger partial charge in [-0.25, -0.2) is 4.79 Å². The maximum absolute atomic E-state index is 11.7. The van der Waals surface area contributed by atoms with Crippen molar-refractivity contribution in [3.63, 3.8) is 0 Å². The molecule has 0 N–H and O–H groups in total. The lowest BCUT2D eigenvalue weighted by molar-refractivity contribution is -0.129. The van der Waals surface area contributed by atoms with Crippen LogP contribution in [0, 0.1) is 0 Å². The average Bonchev–Trinajstić information content (AvgIpc) is 2.53. The number of hydrogen-bond donors (Lipinski definition) is 0. The molecule has 1 aromatic heterocycles. The van der Waals surface area contributed by atoms with Crippen molar-refractivity contribution >= 4 is 12.0 Å². The first-order chi connectivity index (χ1) is 10.2. The second-order valence-corrected chi connectivity index (χ2v) is 3.76. The fourth-order valence-electron chi connectivity index (χ4n) is 1.40. The number of nitrogens with zero attached hydrogens (tertiary/aromatic N) is 3. The predicted molar refractivity (Wildman–Crippen MR) is 74.0 cm³/mol. The summed E-state index contributed by atoms with van der Waals surface area (Å²) in [7, 11) is 2.77. The Hall–Kier alpha value is -2.96. The van der Waals surface area contributed by atoms with Crippen molar-refractivity contribution in [2.24, 2.45) is 0 Å². The third kappa shape index (κ3) is 4.27. The highest BCUT2D eigenvalue weighted by atomic mass is 16.6. The SMILES string of the molecule is COc1nc(OC)nc(OC(=O)/C=C/c2ccccc2)n1. The molecule has 0 atom stereocenters. The zero-order valence-corrected chi connectivity index (χ0v) is 11.5. The maximum atomic E-state index is 11.7. The van der Waals surface area contributed by atoms with Gasteiger partial charge in [0.2, 0.25) is 0 Å². The molecule has 0 saturated carbocycles. The topological polar surface area (TPSA) is 83.4 Å². The lowest BCUT2D eigenvalue weighted by atomic mass is 10.2. The molecule has 0 aliphatic rings. The van der Waals surface area contributed by atoms with E-state index in [2.05, 4.69) is 15.0 Å². The quantitative estimate of drug-likeness (QED) is 0.608. The van der Waals surface area contributed by atoms with Crippen LogP contribution < -0.4 is 14.2 Å². The second-order valence-electron chi connectivity index (χ2n) is 3.76. The third-order valence-corrected chi connectivity index (χ3v) is 2.34. The Morgan fingerprint density at radius 1 is 0.952 bits per heavy atom. The Bertz CT molecular complexity index is 622. The van der Waals surface area contributed by atoms with E-state index < -0.39 is 5.97 Å². The summed E-state index contributed by atoms with van der Waals surface area (Å²) in [4.78, 5) is 23.1. The van der Waals surface area contributed by atoms with Crippen molar-refractivity contribution in [2.75, 3.05) is 14.2 Å². The maximum Gasteiger partial charge on any atom is 0.338 e. The van der Waals surface area contributed by atoms with Crippen molar-refractivity contribution in [3.05, 3.63) is 42.0 Å². The van der Waals surface area contributed by atoms with Crippen molar-refractivity contribution in [2.45, 2.75) is 0 Å². The van der Waals surface area contributed by atoms with E-state index in [0.29, 0.717) is 0 Å². The van der Waals surface area contributed by atoms with Crippen LogP contribution >= 0.6 is 0 Å². The lowest BCUT2D eigenvalue weighted by Gasteiger charge is -2.03. The molecular weight excluding hydrogens is 274 g/mol. The summed E-state index contributed by atoms with van der Waals surface area (Å²) in [6.45, 7) is 0. The minimum Gasteiger partial charge on any atom is -0.467 e. The second kappa shape index (κ2) is 6.99. The number of methoxy groups -OCH3 is 2. The lowest BCUT2D eigenvalue weighted by Crippen LogP contribution is -2.09. The van der Waals surface area contributed by atoms with Gasteiger partial charge >= 0.3 is 24.0 Å². The molecule has 7 heteroatoms. The number of rotatable bonds is 5. The van der Waals surface area contributed by atoms with Gasteiger partial charge in [0.1, 0.15) is 0 Å². The Kier molecular flexibility index (Phi) is 4.81. The van der Waals surface area contributed by atoms with Gasteiger partial charge in [-0.05, 0) is 11.6 Å². The first-order valence-corrected chi connectivity index (χ1v) is 6.00. The van der Waals surface area contributed by atoms with Gasteiger partial charge in [-0.15, -0.1) is 15.0 Å². The van der Waals surface area contributed by atoms with Crippen LogP contribution in [-0.4, -0.2) is 35.1 Å². The number of aromatic nitrogens is 3. The highest BCUT2D eigenvalue weighted by Gasteiger charge is 2.10. The normalized spacial score (nSPS) is 10.4. The van der Waals surface area contributed by atoms with Gasteiger partial charge in [-0.2, -0.15) is 0 Å². The molecule has 1 aromatic carbocycles. The number of ether oxygens (including phenoxy) is 3. The monoisotopic (exact) mass is 287 g/mol. The zero-order valence-electron chi connectivity index (χ0n) is 11.5. The van der Waals surface area contributed by atoms with Gasteiger partial charge in [-0.1, -0.05) is 30.3 Å². The molecule has 0 unspecified atom stereocenters. The Morgan fingerprint density at radius 2 is 1.52 bits per heavy atom. The standard InChI is InChI=1S/C14H13N3O4/c1-19-12-15-13(20-2)17-14(16-12)21-11(18)9-8-10-6-4-3-5-7-10/h3-9H,1-2H3/b9-8+. The molecule has 2 aromatic rings. The molecule has 0 aliphatic heterocycles. The van der Waals surface area contributed by atoms with E-state index in [4.69, 9.17) is 14.2 Å². The first kappa shape index (κ1) is 14.4. The number of hydrogen-bond acceptors (Lipinski definition) is 7. The highest BCUT2D eigenvalue weighted by molar-refractivity contribution is 5.88. The van der Waals surface area contributed by atoms with E-state index in [9.17, 15) is 4.79 Å². The molecule has 0 saturated heterocycles. The van der Waals surface area contributed by atoms with Crippen LogP contribution in [0.3, 0.4) is 0 Å². The summed E-state index contributed by atoms with van der Waals surface area (Å²) in [5.74, 6) is -0.617. The number of carbonyl (C=O) groups excluding carboxylic acids is 1. The van der Waals surface area contributed by atoms with Gasteiger partial charge in [0.05, 0.1) is 14.2 Å². The van der Waals surface area contributed by atoms with Gasteiger partial charge in [-0.3, -0.25) is 0 Å². The fourth-order valence-corrected chi connectivity index (χ4v) is 1.40. The molecule has 21 heavy (non-hydrogen) atoms.